The van der Waals surface area contributed by atoms with Gasteiger partial charge in [-0.1, -0.05) is 61.9 Å². The normalized spacial score (nSPS) is 11.2. The van der Waals surface area contributed by atoms with Crippen molar-refractivity contribution in [2.45, 2.75) is 19.8 Å². The fourth-order valence-electron chi connectivity index (χ4n) is 2.81. The topological polar surface area (TPSA) is 43.4 Å². The van der Waals surface area contributed by atoms with Gasteiger partial charge in [-0.05, 0) is 30.3 Å². The second-order valence-corrected chi connectivity index (χ2v) is 6.57. The van der Waals surface area contributed by atoms with Crippen LogP contribution in [0.15, 0.2) is 59.7 Å². The molecule has 1 aromatic heterocycles. The van der Waals surface area contributed by atoms with Gasteiger partial charge in [-0.2, -0.15) is 5.10 Å². The second kappa shape index (κ2) is 8.63. The minimum Gasteiger partial charge on any atom is -0.361 e. The smallest absolute Gasteiger partial charge is 0.189 e. The van der Waals surface area contributed by atoms with Crippen molar-refractivity contribution >= 4 is 34.4 Å². The minimum atomic E-state index is 0.635. The number of nitrogens with one attached hydrogen (secondary N) is 2. The number of fused-ring (bicyclic) bond motifs is 1. The average molecular weight is 365 g/mol. The highest BCUT2D eigenvalue weighted by Gasteiger charge is 2.11. The number of rotatable bonds is 6. The van der Waals surface area contributed by atoms with Crippen LogP contribution >= 0.6 is 12.2 Å². The number of aromatic amines is 1. The Kier molecular flexibility index (Phi) is 6.02. The fourth-order valence-corrected chi connectivity index (χ4v) is 2.96. The monoisotopic (exact) mass is 364 g/mol. The number of para-hydroxylation sites is 1. The maximum Gasteiger partial charge on any atom is 0.189 e. The van der Waals surface area contributed by atoms with E-state index in [-0.39, 0.29) is 0 Å². The number of hydrogen-bond acceptors (Lipinski definition) is 2. The zero-order valence-electron chi connectivity index (χ0n) is 15.2. The molecule has 0 atom stereocenters. The standard InChI is InChI=1S/C21H24N4S/c1-3-4-14-22-21(26)25(2)23-15-18-17-12-8-9-13-19(17)24-20(18)16-10-6-5-7-11-16/h5-13,15,24H,3-4,14H2,1-2H3,(H,22,26)/b23-15+. The first-order valence-electron chi connectivity index (χ1n) is 8.92. The maximum atomic E-state index is 5.40. The first-order chi connectivity index (χ1) is 12.7. The number of benzene rings is 2. The SMILES string of the molecule is CCCCNC(=S)N(C)/N=C/c1c(-c2ccccc2)[nH]c2ccccc12. The van der Waals surface area contributed by atoms with Crippen LogP contribution in [0.2, 0.25) is 0 Å². The van der Waals surface area contributed by atoms with Crippen LogP contribution in [0.25, 0.3) is 22.2 Å². The second-order valence-electron chi connectivity index (χ2n) is 6.18. The van der Waals surface area contributed by atoms with Gasteiger partial charge in [0.25, 0.3) is 0 Å². The quantitative estimate of drug-likeness (QED) is 0.286. The Morgan fingerprint density at radius 3 is 2.65 bits per heavy atom. The van der Waals surface area contributed by atoms with Gasteiger partial charge in [-0.3, -0.25) is 0 Å². The molecule has 26 heavy (non-hydrogen) atoms. The van der Waals surface area contributed by atoms with Gasteiger partial charge in [0.1, 0.15) is 0 Å². The molecular formula is C21H24N4S. The molecule has 5 heteroatoms. The van der Waals surface area contributed by atoms with Crippen LogP contribution in [0.4, 0.5) is 0 Å². The molecule has 0 radical (unpaired) electrons. The third kappa shape index (κ3) is 4.11. The zero-order valence-corrected chi connectivity index (χ0v) is 16.0. The summed E-state index contributed by atoms with van der Waals surface area (Å²) < 4.78 is 0. The van der Waals surface area contributed by atoms with Crippen molar-refractivity contribution in [3.63, 3.8) is 0 Å². The van der Waals surface area contributed by atoms with Gasteiger partial charge in [-0.15, -0.1) is 0 Å². The Bertz CT molecular complexity index is 899. The summed E-state index contributed by atoms with van der Waals surface area (Å²) in [5, 5.41) is 11.3. The van der Waals surface area contributed by atoms with E-state index in [0.29, 0.717) is 5.11 Å². The van der Waals surface area contributed by atoms with E-state index in [0.717, 1.165) is 47.1 Å². The van der Waals surface area contributed by atoms with Crippen LogP contribution in [-0.4, -0.2) is 34.9 Å². The van der Waals surface area contributed by atoms with Crippen LogP contribution in [-0.2, 0) is 0 Å². The number of hydrogen-bond donors (Lipinski definition) is 2. The van der Waals surface area contributed by atoms with Crippen molar-refractivity contribution in [3.05, 3.63) is 60.2 Å². The molecule has 2 N–H and O–H groups in total. The van der Waals surface area contributed by atoms with E-state index in [1.807, 2.05) is 43.6 Å². The third-order valence-electron chi connectivity index (χ3n) is 4.27. The summed E-state index contributed by atoms with van der Waals surface area (Å²) in [6, 6.07) is 18.6. The van der Waals surface area contributed by atoms with Crippen LogP contribution in [0.3, 0.4) is 0 Å². The van der Waals surface area contributed by atoms with Gasteiger partial charge >= 0.3 is 0 Å². The van der Waals surface area contributed by atoms with Crippen molar-refractivity contribution in [2.24, 2.45) is 5.10 Å². The molecule has 0 aliphatic rings. The number of aromatic nitrogens is 1. The molecule has 0 amide bonds. The molecule has 0 unspecified atom stereocenters. The van der Waals surface area contributed by atoms with Crippen molar-refractivity contribution in [2.75, 3.05) is 13.6 Å². The Balaban J connectivity index is 1.90. The van der Waals surface area contributed by atoms with E-state index in [4.69, 9.17) is 12.2 Å². The number of thiocarbonyl (C=S) groups is 1. The van der Waals surface area contributed by atoms with Gasteiger partial charge in [0.05, 0.1) is 11.9 Å². The summed E-state index contributed by atoms with van der Waals surface area (Å²) in [4.78, 5) is 3.52. The lowest BCUT2D eigenvalue weighted by atomic mass is 10.1. The Morgan fingerprint density at radius 1 is 1.15 bits per heavy atom. The Labute approximate surface area is 159 Å². The molecule has 0 aliphatic heterocycles. The molecule has 134 valence electrons. The molecule has 0 saturated carbocycles. The van der Waals surface area contributed by atoms with E-state index >= 15 is 0 Å². The first kappa shape index (κ1) is 18.1. The summed E-state index contributed by atoms with van der Waals surface area (Å²) >= 11 is 5.40. The average Bonchev–Trinajstić information content (AvgIpc) is 3.05. The predicted octanol–water partition coefficient (Wildman–Crippen LogP) is 4.78. The van der Waals surface area contributed by atoms with E-state index in [1.165, 1.54) is 0 Å². The summed E-state index contributed by atoms with van der Waals surface area (Å²) in [6.07, 6.45) is 4.12. The summed E-state index contributed by atoms with van der Waals surface area (Å²) in [5.74, 6) is 0. The highest BCUT2D eigenvalue weighted by molar-refractivity contribution is 7.80. The van der Waals surface area contributed by atoms with Gasteiger partial charge < -0.3 is 10.3 Å². The summed E-state index contributed by atoms with van der Waals surface area (Å²) in [5.41, 5.74) is 4.36. The van der Waals surface area contributed by atoms with Gasteiger partial charge in [0.2, 0.25) is 0 Å². The van der Waals surface area contributed by atoms with Crippen molar-refractivity contribution in [1.29, 1.82) is 0 Å². The summed E-state index contributed by atoms with van der Waals surface area (Å²) in [7, 11) is 1.87. The van der Waals surface area contributed by atoms with E-state index in [1.54, 1.807) is 5.01 Å². The van der Waals surface area contributed by atoms with E-state index in [9.17, 15) is 0 Å². The number of unbranched alkanes of at least 4 members (excludes halogenated alkanes) is 1. The number of hydrazone groups is 1. The van der Waals surface area contributed by atoms with Crippen molar-refractivity contribution in [1.82, 2.24) is 15.3 Å². The first-order valence-corrected chi connectivity index (χ1v) is 9.33. The van der Waals surface area contributed by atoms with Crippen LogP contribution in [0.5, 0.6) is 0 Å². The Hall–Kier alpha value is -2.66. The Morgan fingerprint density at radius 2 is 1.88 bits per heavy atom. The predicted molar refractivity (Wildman–Crippen MR) is 115 cm³/mol. The van der Waals surface area contributed by atoms with Crippen molar-refractivity contribution < 1.29 is 0 Å². The number of H-pyrrole nitrogens is 1. The van der Waals surface area contributed by atoms with Crippen LogP contribution in [0.1, 0.15) is 25.3 Å². The molecule has 0 aliphatic carbocycles. The molecule has 2 aromatic carbocycles. The molecule has 0 fully saturated rings. The van der Waals surface area contributed by atoms with E-state index in [2.05, 4.69) is 46.6 Å². The molecule has 4 nitrogen and oxygen atoms in total. The molecule has 0 saturated heterocycles. The molecule has 1 heterocycles. The van der Waals surface area contributed by atoms with Gasteiger partial charge in [0, 0.05) is 30.1 Å². The lowest BCUT2D eigenvalue weighted by molar-refractivity contribution is 0.530. The van der Waals surface area contributed by atoms with Crippen molar-refractivity contribution in [3.8, 4) is 11.3 Å². The molecule has 3 aromatic rings. The lowest BCUT2D eigenvalue weighted by Crippen LogP contribution is -2.34. The minimum absolute atomic E-state index is 0.635. The van der Waals surface area contributed by atoms with Crippen LogP contribution < -0.4 is 5.32 Å². The fraction of sp³-hybridized carbons (Fsp3) is 0.238. The highest BCUT2D eigenvalue weighted by atomic mass is 32.1. The van der Waals surface area contributed by atoms with Crippen LogP contribution in [0, 0.1) is 0 Å². The van der Waals surface area contributed by atoms with Gasteiger partial charge in [-0.25, -0.2) is 5.01 Å². The lowest BCUT2D eigenvalue weighted by Gasteiger charge is -2.15. The zero-order chi connectivity index (χ0) is 18.4. The molecule has 0 bridgehead atoms. The van der Waals surface area contributed by atoms with E-state index < -0.39 is 0 Å². The summed E-state index contributed by atoms with van der Waals surface area (Å²) in [6.45, 7) is 3.03. The number of nitrogens with zero attached hydrogens (tertiary/aromatic N) is 2. The highest BCUT2D eigenvalue weighted by Crippen LogP contribution is 2.28. The largest absolute Gasteiger partial charge is 0.361 e. The maximum absolute atomic E-state index is 5.40. The van der Waals surface area contributed by atoms with Gasteiger partial charge in [0.15, 0.2) is 5.11 Å². The molecular weight excluding hydrogens is 340 g/mol. The molecule has 3 rings (SSSR count). The third-order valence-corrected chi connectivity index (χ3v) is 4.68. The molecule has 0 spiro atoms.